The van der Waals surface area contributed by atoms with Gasteiger partial charge in [0.15, 0.2) is 0 Å². The first kappa shape index (κ1) is 16.3. The van der Waals surface area contributed by atoms with Crippen molar-refractivity contribution in [1.82, 2.24) is 9.80 Å². The molecule has 0 atom stereocenters. The summed E-state index contributed by atoms with van der Waals surface area (Å²) in [6.07, 6.45) is 9.24. The van der Waals surface area contributed by atoms with E-state index < -0.39 is 0 Å². The van der Waals surface area contributed by atoms with Crippen molar-refractivity contribution in [2.75, 3.05) is 32.7 Å². The van der Waals surface area contributed by atoms with Crippen molar-refractivity contribution in [1.29, 1.82) is 0 Å². The summed E-state index contributed by atoms with van der Waals surface area (Å²) in [5, 5.41) is 0. The highest BCUT2D eigenvalue weighted by atomic mass is 16.3. The second-order valence-corrected chi connectivity index (χ2v) is 5.79. The second kappa shape index (κ2) is 8.31. The standard InChI is InChI=1S/C20H22N2O2/c23-20(11-10-19-9-5-17-24-19)22-15-13-21(14-16-22)12-4-8-18-6-2-1-3-7-18/h1-11,17H,12-16H2/b8-4-,11-10-. The Morgan fingerprint density at radius 2 is 1.79 bits per heavy atom. The Morgan fingerprint density at radius 1 is 1.00 bits per heavy atom. The molecule has 1 aliphatic rings. The van der Waals surface area contributed by atoms with Crippen molar-refractivity contribution in [3.63, 3.8) is 0 Å². The number of nitrogens with zero attached hydrogens (tertiary/aromatic N) is 2. The molecule has 0 spiro atoms. The van der Waals surface area contributed by atoms with Crippen LogP contribution < -0.4 is 0 Å². The molecule has 0 bridgehead atoms. The quantitative estimate of drug-likeness (QED) is 0.794. The van der Waals surface area contributed by atoms with Gasteiger partial charge in [-0.25, -0.2) is 0 Å². The minimum absolute atomic E-state index is 0.0471. The normalized spacial score (nSPS) is 16.2. The minimum Gasteiger partial charge on any atom is -0.465 e. The maximum absolute atomic E-state index is 12.2. The van der Waals surface area contributed by atoms with Gasteiger partial charge in [-0.15, -0.1) is 0 Å². The van der Waals surface area contributed by atoms with Gasteiger partial charge in [0.1, 0.15) is 5.76 Å². The Bertz CT molecular complexity index is 682. The molecule has 0 aliphatic carbocycles. The van der Waals surface area contributed by atoms with Gasteiger partial charge < -0.3 is 9.32 Å². The first-order chi connectivity index (χ1) is 11.8. The number of furan rings is 1. The molecule has 1 saturated heterocycles. The van der Waals surface area contributed by atoms with E-state index in [9.17, 15) is 4.79 Å². The van der Waals surface area contributed by atoms with E-state index in [4.69, 9.17) is 4.42 Å². The fraction of sp³-hybridized carbons (Fsp3) is 0.250. The van der Waals surface area contributed by atoms with Crippen molar-refractivity contribution in [3.8, 4) is 0 Å². The number of piperazine rings is 1. The second-order valence-electron chi connectivity index (χ2n) is 5.79. The average Bonchev–Trinajstić information content (AvgIpc) is 3.15. The average molecular weight is 322 g/mol. The van der Waals surface area contributed by atoms with Crippen molar-refractivity contribution in [2.45, 2.75) is 0 Å². The monoisotopic (exact) mass is 322 g/mol. The van der Waals surface area contributed by atoms with Crippen LogP contribution in [-0.4, -0.2) is 48.4 Å². The molecule has 1 amide bonds. The summed E-state index contributed by atoms with van der Waals surface area (Å²) in [6, 6.07) is 13.9. The van der Waals surface area contributed by atoms with Crippen LogP contribution in [-0.2, 0) is 4.79 Å². The summed E-state index contributed by atoms with van der Waals surface area (Å²) in [6.45, 7) is 4.25. The van der Waals surface area contributed by atoms with E-state index >= 15 is 0 Å². The van der Waals surface area contributed by atoms with Crippen LogP contribution in [0, 0.1) is 0 Å². The highest BCUT2D eigenvalue weighted by Gasteiger charge is 2.18. The number of hydrogen-bond donors (Lipinski definition) is 0. The molecule has 1 aliphatic heterocycles. The summed E-state index contributed by atoms with van der Waals surface area (Å²) >= 11 is 0. The molecule has 4 heteroatoms. The molecule has 2 aromatic rings. The van der Waals surface area contributed by atoms with E-state index in [0.29, 0.717) is 5.76 Å². The molecule has 0 saturated carbocycles. The Morgan fingerprint density at radius 3 is 2.50 bits per heavy atom. The molecule has 1 fully saturated rings. The summed E-state index contributed by atoms with van der Waals surface area (Å²) in [5.41, 5.74) is 1.22. The van der Waals surface area contributed by atoms with Gasteiger partial charge in [-0.05, 0) is 23.8 Å². The van der Waals surface area contributed by atoms with Crippen LogP contribution >= 0.6 is 0 Å². The zero-order chi connectivity index (χ0) is 16.6. The Labute approximate surface area is 142 Å². The molecule has 0 N–H and O–H groups in total. The van der Waals surface area contributed by atoms with Crippen LogP contribution in [0.25, 0.3) is 12.2 Å². The van der Waals surface area contributed by atoms with E-state index in [1.165, 1.54) is 5.56 Å². The summed E-state index contributed by atoms with van der Waals surface area (Å²) < 4.78 is 5.20. The zero-order valence-electron chi connectivity index (χ0n) is 13.7. The SMILES string of the molecule is O=C(/C=C\c1ccco1)N1CCN(C/C=C\c2ccccc2)CC1. The molecule has 2 heterocycles. The lowest BCUT2D eigenvalue weighted by Crippen LogP contribution is -2.48. The summed E-state index contributed by atoms with van der Waals surface area (Å²) in [7, 11) is 0. The minimum atomic E-state index is 0.0471. The molecule has 1 aromatic carbocycles. The molecule has 0 unspecified atom stereocenters. The van der Waals surface area contributed by atoms with Gasteiger partial charge in [0, 0.05) is 38.8 Å². The van der Waals surface area contributed by atoms with Crippen LogP contribution in [0.3, 0.4) is 0 Å². The number of hydrogen-bond acceptors (Lipinski definition) is 3. The molecule has 24 heavy (non-hydrogen) atoms. The van der Waals surface area contributed by atoms with Crippen LogP contribution in [0.1, 0.15) is 11.3 Å². The largest absolute Gasteiger partial charge is 0.465 e. The fourth-order valence-corrected chi connectivity index (χ4v) is 2.70. The first-order valence-corrected chi connectivity index (χ1v) is 8.26. The Hall–Kier alpha value is -2.59. The van der Waals surface area contributed by atoms with Crippen molar-refractivity contribution in [3.05, 3.63) is 72.2 Å². The Balaban J connectivity index is 1.42. The predicted octanol–water partition coefficient (Wildman–Crippen LogP) is 3.15. The first-order valence-electron chi connectivity index (χ1n) is 8.26. The van der Waals surface area contributed by atoms with Gasteiger partial charge in [0.05, 0.1) is 6.26 Å². The smallest absolute Gasteiger partial charge is 0.246 e. The highest BCUT2D eigenvalue weighted by Crippen LogP contribution is 2.07. The maximum atomic E-state index is 12.2. The lowest BCUT2D eigenvalue weighted by Gasteiger charge is -2.33. The van der Waals surface area contributed by atoms with E-state index in [-0.39, 0.29) is 5.91 Å². The molecular weight excluding hydrogens is 300 g/mol. The van der Waals surface area contributed by atoms with Gasteiger partial charge in [-0.1, -0.05) is 42.5 Å². The van der Waals surface area contributed by atoms with E-state index in [2.05, 4.69) is 29.2 Å². The highest BCUT2D eigenvalue weighted by molar-refractivity contribution is 5.91. The van der Waals surface area contributed by atoms with Crippen molar-refractivity contribution >= 4 is 18.1 Å². The van der Waals surface area contributed by atoms with Crippen molar-refractivity contribution < 1.29 is 9.21 Å². The van der Waals surface area contributed by atoms with Crippen LogP contribution in [0.15, 0.2) is 65.3 Å². The molecule has 0 radical (unpaired) electrons. The molecule has 3 rings (SSSR count). The number of rotatable bonds is 5. The molecule has 124 valence electrons. The van der Waals surface area contributed by atoms with Gasteiger partial charge in [-0.3, -0.25) is 9.69 Å². The summed E-state index contributed by atoms with van der Waals surface area (Å²) in [5.74, 6) is 0.749. The number of carbonyl (C=O) groups excluding carboxylic acids is 1. The molecule has 1 aromatic heterocycles. The van der Waals surface area contributed by atoms with Crippen LogP contribution in [0.4, 0.5) is 0 Å². The lowest BCUT2D eigenvalue weighted by molar-refractivity contribution is -0.127. The third-order valence-corrected chi connectivity index (χ3v) is 4.09. The van der Waals surface area contributed by atoms with Crippen LogP contribution in [0.5, 0.6) is 0 Å². The van der Waals surface area contributed by atoms with Gasteiger partial charge in [-0.2, -0.15) is 0 Å². The molecule has 4 nitrogen and oxygen atoms in total. The number of carbonyl (C=O) groups is 1. The van der Waals surface area contributed by atoms with E-state index in [1.807, 2.05) is 35.2 Å². The summed E-state index contributed by atoms with van der Waals surface area (Å²) in [4.78, 5) is 16.4. The Kier molecular flexibility index (Phi) is 5.64. The third kappa shape index (κ3) is 4.70. The topological polar surface area (TPSA) is 36.7 Å². The van der Waals surface area contributed by atoms with Gasteiger partial charge in [0.2, 0.25) is 5.91 Å². The zero-order valence-corrected chi connectivity index (χ0v) is 13.7. The van der Waals surface area contributed by atoms with Gasteiger partial charge in [0.25, 0.3) is 0 Å². The fourth-order valence-electron chi connectivity index (χ4n) is 2.70. The number of benzene rings is 1. The predicted molar refractivity (Wildman–Crippen MR) is 96.2 cm³/mol. The maximum Gasteiger partial charge on any atom is 0.246 e. The van der Waals surface area contributed by atoms with Crippen molar-refractivity contribution in [2.24, 2.45) is 0 Å². The number of amides is 1. The molecular formula is C20H22N2O2. The third-order valence-electron chi connectivity index (χ3n) is 4.09. The van der Waals surface area contributed by atoms with E-state index in [1.54, 1.807) is 18.4 Å². The van der Waals surface area contributed by atoms with Gasteiger partial charge >= 0.3 is 0 Å². The lowest BCUT2D eigenvalue weighted by atomic mass is 10.2. The van der Waals surface area contributed by atoms with Crippen LogP contribution in [0.2, 0.25) is 0 Å². The van der Waals surface area contributed by atoms with E-state index in [0.717, 1.165) is 32.7 Å².